The molecule has 0 aliphatic heterocycles. The number of benzene rings is 2. The van der Waals surface area contributed by atoms with Crippen molar-refractivity contribution in [2.75, 3.05) is 26.1 Å². The lowest BCUT2D eigenvalue weighted by Gasteiger charge is -2.13. The van der Waals surface area contributed by atoms with Gasteiger partial charge in [-0.1, -0.05) is 20.3 Å². The van der Waals surface area contributed by atoms with Crippen molar-refractivity contribution >= 4 is 22.5 Å². The monoisotopic (exact) mass is 438 g/mol. The maximum atomic E-state index is 12.5. The number of aromatic amines is 1. The van der Waals surface area contributed by atoms with Crippen LogP contribution in [0, 0.1) is 0 Å². The first-order chi connectivity index (χ1) is 15.4. The van der Waals surface area contributed by atoms with Crippen molar-refractivity contribution in [3.63, 3.8) is 0 Å². The Morgan fingerprint density at radius 1 is 1.06 bits per heavy atom. The van der Waals surface area contributed by atoms with E-state index in [2.05, 4.69) is 24.1 Å². The molecule has 0 saturated carbocycles. The third kappa shape index (κ3) is 5.06. The largest absolute Gasteiger partial charge is 0.493 e. The maximum Gasteiger partial charge on any atom is 0.241 e. The van der Waals surface area contributed by atoms with E-state index in [1.54, 1.807) is 14.2 Å². The van der Waals surface area contributed by atoms with E-state index in [0.717, 1.165) is 40.7 Å². The van der Waals surface area contributed by atoms with E-state index in [-0.39, 0.29) is 11.8 Å². The Morgan fingerprint density at radius 2 is 1.81 bits per heavy atom. The highest BCUT2D eigenvalue weighted by Crippen LogP contribution is 2.39. The third-order valence-corrected chi connectivity index (χ3v) is 5.66. The summed E-state index contributed by atoms with van der Waals surface area (Å²) in [6, 6.07) is 11.2. The first-order valence-electron chi connectivity index (χ1n) is 11.0. The molecule has 0 unspecified atom stereocenters. The molecule has 0 aliphatic rings. The van der Waals surface area contributed by atoms with Crippen molar-refractivity contribution in [3.05, 3.63) is 42.0 Å². The fourth-order valence-electron chi connectivity index (χ4n) is 3.98. The minimum Gasteiger partial charge on any atom is -0.493 e. The van der Waals surface area contributed by atoms with Crippen LogP contribution in [-0.4, -0.2) is 37.7 Å². The fraction of sp³-hybridized carbons (Fsp3) is 0.400. The van der Waals surface area contributed by atoms with Crippen LogP contribution in [0.1, 0.15) is 44.6 Å². The first kappa shape index (κ1) is 23.6. The van der Waals surface area contributed by atoms with Gasteiger partial charge >= 0.3 is 0 Å². The van der Waals surface area contributed by atoms with Crippen LogP contribution in [0.4, 0.5) is 5.69 Å². The first-order valence-corrected chi connectivity index (χ1v) is 11.0. The van der Waals surface area contributed by atoms with E-state index in [1.807, 2.05) is 36.4 Å². The number of ether oxygens (including phenoxy) is 2. The quantitative estimate of drug-likeness (QED) is 0.351. The maximum absolute atomic E-state index is 12.5. The van der Waals surface area contributed by atoms with Crippen LogP contribution in [0.5, 0.6) is 11.5 Å². The van der Waals surface area contributed by atoms with Gasteiger partial charge < -0.3 is 31.2 Å². The van der Waals surface area contributed by atoms with E-state index in [4.69, 9.17) is 20.9 Å². The molecule has 32 heavy (non-hydrogen) atoms. The topological polar surface area (TPSA) is 115 Å². The Balaban J connectivity index is 1.95. The molecule has 0 saturated heterocycles. The van der Waals surface area contributed by atoms with Gasteiger partial charge in [-0.25, -0.2) is 0 Å². The number of nitrogens with one attached hydrogen (secondary N) is 2. The van der Waals surface area contributed by atoms with Crippen molar-refractivity contribution in [1.29, 1.82) is 0 Å². The molecule has 1 aromatic heterocycles. The van der Waals surface area contributed by atoms with Crippen molar-refractivity contribution in [3.8, 4) is 22.8 Å². The predicted octanol–water partition coefficient (Wildman–Crippen LogP) is 4.37. The molecule has 0 spiro atoms. The van der Waals surface area contributed by atoms with Gasteiger partial charge in [0.05, 0.1) is 26.0 Å². The molecule has 1 heterocycles. The summed E-state index contributed by atoms with van der Waals surface area (Å²) in [5.41, 5.74) is 16.5. The van der Waals surface area contributed by atoms with E-state index in [1.165, 1.54) is 5.56 Å². The molecule has 7 nitrogen and oxygen atoms in total. The molecule has 3 rings (SSSR count). The number of carbonyl (C=O) groups excluding carboxylic acids is 1. The number of carbonyl (C=O) groups is 1. The van der Waals surface area contributed by atoms with Crippen LogP contribution in [0.15, 0.2) is 36.4 Å². The minimum absolute atomic E-state index is 0.178. The molecule has 6 N–H and O–H groups in total. The summed E-state index contributed by atoms with van der Waals surface area (Å²) in [6.07, 6.45) is 2.33. The van der Waals surface area contributed by atoms with Crippen molar-refractivity contribution in [2.45, 2.75) is 45.1 Å². The second-order valence-electron chi connectivity index (χ2n) is 8.28. The highest BCUT2D eigenvalue weighted by atomic mass is 16.5. The van der Waals surface area contributed by atoms with Gasteiger partial charge in [-0.15, -0.1) is 0 Å². The van der Waals surface area contributed by atoms with Crippen molar-refractivity contribution < 1.29 is 14.3 Å². The van der Waals surface area contributed by atoms with Gasteiger partial charge in [0, 0.05) is 22.2 Å². The van der Waals surface area contributed by atoms with Crippen molar-refractivity contribution in [1.82, 2.24) is 4.98 Å². The van der Waals surface area contributed by atoms with E-state index < -0.39 is 6.04 Å². The van der Waals surface area contributed by atoms with Crippen LogP contribution < -0.4 is 26.3 Å². The SMILES string of the molecule is COc1ccc(-c2[nH]c3ccc(NC(=O)[C@@H](N)CCCCN)cc3c2C(C)C)cc1OC. The number of rotatable bonds is 10. The lowest BCUT2D eigenvalue weighted by molar-refractivity contribution is -0.117. The Hall–Kier alpha value is -3.03. The highest BCUT2D eigenvalue weighted by molar-refractivity contribution is 5.99. The summed E-state index contributed by atoms with van der Waals surface area (Å²) >= 11 is 0. The molecule has 172 valence electrons. The smallest absolute Gasteiger partial charge is 0.241 e. The number of H-pyrrole nitrogens is 1. The van der Waals surface area contributed by atoms with Gasteiger partial charge in [0.15, 0.2) is 11.5 Å². The standard InChI is InChI=1S/C25H34N4O3/c1-15(2)23-18-14-17(28-25(30)19(27)7-5-6-12-26)9-10-20(18)29-24(23)16-8-11-21(31-3)22(13-16)32-4/h8-11,13-15,19,29H,5-7,12,26-27H2,1-4H3,(H,28,30)/t19-/m0/s1. The van der Waals surface area contributed by atoms with Crippen LogP contribution in [0.2, 0.25) is 0 Å². The van der Waals surface area contributed by atoms with Gasteiger partial charge in [-0.3, -0.25) is 4.79 Å². The van der Waals surface area contributed by atoms with Crippen LogP contribution >= 0.6 is 0 Å². The second kappa shape index (κ2) is 10.5. The summed E-state index contributed by atoms with van der Waals surface area (Å²) in [5, 5.41) is 4.03. The van der Waals surface area contributed by atoms with Crippen LogP contribution in [-0.2, 0) is 4.79 Å². The average molecular weight is 439 g/mol. The number of anilines is 1. The Labute approximate surface area is 189 Å². The van der Waals surface area contributed by atoms with Gasteiger partial charge in [-0.2, -0.15) is 0 Å². The van der Waals surface area contributed by atoms with Gasteiger partial charge in [0.1, 0.15) is 0 Å². The number of unbranched alkanes of at least 4 members (excludes halogenated alkanes) is 1. The van der Waals surface area contributed by atoms with Crippen LogP contribution in [0.25, 0.3) is 22.2 Å². The number of methoxy groups -OCH3 is 2. The lowest BCUT2D eigenvalue weighted by atomic mass is 9.95. The summed E-state index contributed by atoms with van der Waals surface area (Å²) in [7, 11) is 3.26. The second-order valence-corrected chi connectivity index (χ2v) is 8.28. The molecule has 7 heteroatoms. The predicted molar refractivity (Wildman–Crippen MR) is 130 cm³/mol. The van der Waals surface area contributed by atoms with Gasteiger partial charge in [0.25, 0.3) is 0 Å². The molecule has 0 aliphatic carbocycles. The summed E-state index contributed by atoms with van der Waals surface area (Å²) in [4.78, 5) is 16.1. The van der Waals surface area contributed by atoms with Crippen molar-refractivity contribution in [2.24, 2.45) is 11.5 Å². The van der Waals surface area contributed by atoms with E-state index in [0.29, 0.717) is 24.5 Å². The third-order valence-electron chi connectivity index (χ3n) is 5.66. The zero-order chi connectivity index (χ0) is 23.3. The Kier molecular flexibility index (Phi) is 7.77. The Bertz CT molecular complexity index is 1070. The number of aromatic nitrogens is 1. The zero-order valence-electron chi connectivity index (χ0n) is 19.3. The summed E-state index contributed by atoms with van der Waals surface area (Å²) < 4.78 is 10.9. The molecule has 1 atom stereocenters. The number of nitrogens with two attached hydrogens (primary N) is 2. The summed E-state index contributed by atoms with van der Waals surface area (Å²) in [6.45, 7) is 4.93. The van der Waals surface area contributed by atoms with Gasteiger partial charge in [0.2, 0.25) is 5.91 Å². The molecule has 1 amide bonds. The lowest BCUT2D eigenvalue weighted by Crippen LogP contribution is -2.35. The molecular formula is C25H34N4O3. The average Bonchev–Trinajstić information content (AvgIpc) is 3.17. The summed E-state index contributed by atoms with van der Waals surface area (Å²) in [5.74, 6) is 1.45. The van der Waals surface area contributed by atoms with E-state index in [9.17, 15) is 4.79 Å². The molecular weight excluding hydrogens is 404 g/mol. The molecule has 0 fully saturated rings. The number of amides is 1. The zero-order valence-corrected chi connectivity index (χ0v) is 19.3. The molecule has 0 radical (unpaired) electrons. The molecule has 3 aromatic rings. The fourth-order valence-corrected chi connectivity index (χ4v) is 3.98. The van der Waals surface area contributed by atoms with E-state index >= 15 is 0 Å². The minimum atomic E-state index is -0.546. The Morgan fingerprint density at radius 3 is 2.47 bits per heavy atom. The number of fused-ring (bicyclic) bond motifs is 1. The molecule has 2 aromatic carbocycles. The number of hydrogen-bond donors (Lipinski definition) is 4. The highest BCUT2D eigenvalue weighted by Gasteiger charge is 2.19. The van der Waals surface area contributed by atoms with Gasteiger partial charge in [-0.05, 0) is 67.3 Å². The number of hydrogen-bond acceptors (Lipinski definition) is 5. The normalized spacial score (nSPS) is 12.2. The molecule has 0 bridgehead atoms. The van der Waals surface area contributed by atoms with Crippen LogP contribution in [0.3, 0.4) is 0 Å².